The zero-order valence-electron chi connectivity index (χ0n) is 14.4. The highest BCUT2D eigenvalue weighted by atomic mass is 32.2. The van der Waals surface area contributed by atoms with Crippen molar-refractivity contribution < 1.29 is 27.5 Å². The van der Waals surface area contributed by atoms with E-state index in [4.69, 9.17) is 9.47 Å². The summed E-state index contributed by atoms with van der Waals surface area (Å²) < 4.78 is 33.8. The topological polar surface area (TPSA) is 86.7 Å². The third-order valence-electron chi connectivity index (χ3n) is 4.20. The van der Waals surface area contributed by atoms with Crippen LogP contribution in [0.25, 0.3) is 0 Å². The van der Waals surface area contributed by atoms with Crippen LogP contribution < -0.4 is 4.74 Å². The summed E-state index contributed by atoms with van der Waals surface area (Å²) in [5, 5.41) is 0. The summed E-state index contributed by atoms with van der Waals surface area (Å²) in [6.07, 6.45) is 1.81. The number of carbonyl (C=O) groups excluding carboxylic acids is 2. The van der Waals surface area contributed by atoms with E-state index in [0.29, 0.717) is 17.7 Å². The van der Waals surface area contributed by atoms with Gasteiger partial charge in [0.05, 0.1) is 17.1 Å². The molecular formula is C19H18O6S. The Morgan fingerprint density at radius 2 is 1.92 bits per heavy atom. The molecule has 6 nitrogen and oxygen atoms in total. The summed E-state index contributed by atoms with van der Waals surface area (Å²) >= 11 is 0. The van der Waals surface area contributed by atoms with E-state index in [2.05, 4.69) is 0 Å². The smallest absolute Gasteiger partial charge is 0.338 e. The van der Waals surface area contributed by atoms with E-state index in [-0.39, 0.29) is 16.2 Å². The predicted molar refractivity (Wildman–Crippen MR) is 94.5 cm³/mol. The molecule has 1 aliphatic heterocycles. The molecule has 2 aromatic rings. The van der Waals surface area contributed by atoms with Gasteiger partial charge in [0.25, 0.3) is 0 Å². The maximum Gasteiger partial charge on any atom is 0.338 e. The second kappa shape index (κ2) is 6.92. The number of hydrogen-bond acceptors (Lipinski definition) is 6. The van der Waals surface area contributed by atoms with Crippen LogP contribution in [0, 0.1) is 6.92 Å². The second-order valence-electron chi connectivity index (χ2n) is 6.17. The molecule has 0 aliphatic carbocycles. The number of ether oxygens (including phenoxy) is 2. The lowest BCUT2D eigenvalue weighted by atomic mass is 10.1. The number of aryl methyl sites for hydroxylation is 1. The average molecular weight is 374 g/mol. The van der Waals surface area contributed by atoms with E-state index in [0.717, 1.165) is 24.0 Å². The van der Waals surface area contributed by atoms with Gasteiger partial charge in [0.1, 0.15) is 5.75 Å². The molecule has 0 radical (unpaired) electrons. The van der Waals surface area contributed by atoms with E-state index >= 15 is 0 Å². The molecule has 0 atom stereocenters. The lowest BCUT2D eigenvalue weighted by Crippen LogP contribution is -2.15. The first-order valence-corrected chi connectivity index (χ1v) is 9.91. The van der Waals surface area contributed by atoms with Crippen LogP contribution in [0.2, 0.25) is 0 Å². The van der Waals surface area contributed by atoms with Gasteiger partial charge in [0.15, 0.2) is 22.2 Å². The van der Waals surface area contributed by atoms with Crippen LogP contribution in [0.4, 0.5) is 0 Å². The van der Waals surface area contributed by atoms with Gasteiger partial charge in [-0.25, -0.2) is 13.2 Å². The summed E-state index contributed by atoms with van der Waals surface area (Å²) in [4.78, 5) is 24.6. The molecule has 7 heteroatoms. The van der Waals surface area contributed by atoms with E-state index in [9.17, 15) is 18.0 Å². The zero-order valence-corrected chi connectivity index (χ0v) is 15.3. The first-order valence-electron chi connectivity index (χ1n) is 8.02. The molecule has 0 fully saturated rings. The van der Waals surface area contributed by atoms with Gasteiger partial charge < -0.3 is 9.47 Å². The highest BCUT2D eigenvalue weighted by molar-refractivity contribution is 7.90. The first-order chi connectivity index (χ1) is 12.3. The van der Waals surface area contributed by atoms with Crippen molar-refractivity contribution >= 4 is 21.6 Å². The van der Waals surface area contributed by atoms with E-state index in [1.165, 1.54) is 18.2 Å². The molecule has 2 aromatic carbocycles. The molecule has 0 bridgehead atoms. The molecule has 0 spiro atoms. The SMILES string of the molecule is Cc1ccc(S(C)(=O)=O)cc1C(=O)OCC(=O)c1ccc2c(c1)CCO2. The Morgan fingerprint density at radius 1 is 1.15 bits per heavy atom. The highest BCUT2D eigenvalue weighted by Gasteiger charge is 2.19. The Bertz CT molecular complexity index is 991. The third kappa shape index (κ3) is 3.77. The highest BCUT2D eigenvalue weighted by Crippen LogP contribution is 2.26. The van der Waals surface area contributed by atoms with Crippen LogP contribution in [0.15, 0.2) is 41.3 Å². The molecule has 0 N–H and O–H groups in total. The Kier molecular flexibility index (Phi) is 4.82. The number of fused-ring (bicyclic) bond motifs is 1. The van der Waals surface area contributed by atoms with Crippen molar-refractivity contribution in [3.05, 3.63) is 58.7 Å². The molecule has 0 unspecified atom stereocenters. The minimum Gasteiger partial charge on any atom is -0.493 e. The van der Waals surface area contributed by atoms with Crippen LogP contribution in [0.1, 0.15) is 31.8 Å². The monoisotopic (exact) mass is 374 g/mol. The van der Waals surface area contributed by atoms with Gasteiger partial charge in [-0.3, -0.25) is 4.79 Å². The van der Waals surface area contributed by atoms with E-state index in [1.807, 2.05) is 0 Å². The summed E-state index contributed by atoms with van der Waals surface area (Å²) in [7, 11) is -3.44. The maximum atomic E-state index is 12.3. The number of hydrogen-bond donors (Lipinski definition) is 0. The fourth-order valence-corrected chi connectivity index (χ4v) is 3.35. The fraction of sp³-hybridized carbons (Fsp3) is 0.263. The zero-order chi connectivity index (χ0) is 18.9. The van der Waals surface area contributed by atoms with Crippen LogP contribution >= 0.6 is 0 Å². The van der Waals surface area contributed by atoms with Crippen molar-refractivity contribution in [2.45, 2.75) is 18.2 Å². The molecule has 0 aromatic heterocycles. The number of Topliss-reactive ketones (excluding diaryl/α,β-unsaturated/α-hetero) is 1. The Hall–Kier alpha value is -2.67. The van der Waals surface area contributed by atoms with Crippen molar-refractivity contribution in [3.8, 4) is 5.75 Å². The predicted octanol–water partition coefficient (Wildman–Crippen LogP) is 2.37. The van der Waals surface area contributed by atoms with E-state index < -0.39 is 22.4 Å². The van der Waals surface area contributed by atoms with Gasteiger partial charge >= 0.3 is 5.97 Å². The largest absolute Gasteiger partial charge is 0.493 e. The van der Waals surface area contributed by atoms with Crippen molar-refractivity contribution in [1.82, 2.24) is 0 Å². The van der Waals surface area contributed by atoms with E-state index in [1.54, 1.807) is 25.1 Å². The molecule has 0 amide bonds. The van der Waals surface area contributed by atoms with Gasteiger partial charge in [0, 0.05) is 18.2 Å². The molecule has 1 heterocycles. The normalized spacial score (nSPS) is 13.0. The maximum absolute atomic E-state index is 12.3. The van der Waals surface area contributed by atoms with Crippen LogP contribution in [0.3, 0.4) is 0 Å². The molecule has 136 valence electrons. The second-order valence-corrected chi connectivity index (χ2v) is 8.18. The molecule has 26 heavy (non-hydrogen) atoms. The Morgan fingerprint density at radius 3 is 2.65 bits per heavy atom. The fourth-order valence-electron chi connectivity index (χ4n) is 2.70. The van der Waals surface area contributed by atoms with Gasteiger partial charge in [-0.1, -0.05) is 6.07 Å². The van der Waals surface area contributed by atoms with Crippen molar-refractivity contribution in [1.29, 1.82) is 0 Å². The van der Waals surface area contributed by atoms with Crippen LogP contribution in [-0.4, -0.2) is 39.6 Å². The van der Waals surface area contributed by atoms with Crippen molar-refractivity contribution in [2.75, 3.05) is 19.5 Å². The third-order valence-corrected chi connectivity index (χ3v) is 5.31. The molecule has 1 aliphatic rings. The Labute approximate surface area is 151 Å². The molecule has 0 saturated carbocycles. The lowest BCUT2D eigenvalue weighted by Gasteiger charge is -2.09. The van der Waals surface area contributed by atoms with Crippen molar-refractivity contribution in [3.63, 3.8) is 0 Å². The van der Waals surface area contributed by atoms with Gasteiger partial charge in [-0.2, -0.15) is 0 Å². The molecule has 0 saturated heterocycles. The van der Waals surface area contributed by atoms with Crippen molar-refractivity contribution in [2.24, 2.45) is 0 Å². The minimum absolute atomic E-state index is 0.0278. The summed E-state index contributed by atoms with van der Waals surface area (Å²) in [6, 6.07) is 9.35. The number of benzene rings is 2. The van der Waals surface area contributed by atoms with Crippen LogP contribution in [0.5, 0.6) is 5.75 Å². The number of carbonyl (C=O) groups is 2. The summed E-state index contributed by atoms with van der Waals surface area (Å²) in [6.45, 7) is 1.85. The lowest BCUT2D eigenvalue weighted by molar-refractivity contribution is 0.0473. The summed E-state index contributed by atoms with van der Waals surface area (Å²) in [5.41, 5.74) is 2.11. The number of esters is 1. The minimum atomic E-state index is -3.44. The quantitative estimate of drug-likeness (QED) is 0.590. The standard InChI is InChI=1S/C19H18O6S/c1-12-3-5-15(26(2,22)23)10-16(12)19(21)25-11-17(20)13-4-6-18-14(9-13)7-8-24-18/h3-6,9-10H,7-8,11H2,1-2H3. The van der Waals surface area contributed by atoms with Gasteiger partial charge in [-0.15, -0.1) is 0 Å². The number of sulfone groups is 1. The number of rotatable bonds is 5. The van der Waals surface area contributed by atoms with Gasteiger partial charge in [0.2, 0.25) is 0 Å². The van der Waals surface area contributed by atoms with Crippen LogP contribution in [-0.2, 0) is 21.0 Å². The Balaban J connectivity index is 1.72. The first kappa shape index (κ1) is 18.1. The summed E-state index contributed by atoms with van der Waals surface area (Å²) in [5.74, 6) is -0.289. The molecular weight excluding hydrogens is 356 g/mol. The molecule has 3 rings (SSSR count). The average Bonchev–Trinajstić information content (AvgIpc) is 3.06. The number of ketones is 1. The van der Waals surface area contributed by atoms with Gasteiger partial charge in [-0.05, 0) is 48.4 Å².